The first-order chi connectivity index (χ1) is 6.15. The van der Waals surface area contributed by atoms with E-state index < -0.39 is 11.6 Å². The molecule has 0 radical (unpaired) electrons. The van der Waals surface area contributed by atoms with Crippen molar-refractivity contribution >= 4 is 11.6 Å². The van der Waals surface area contributed by atoms with Crippen molar-refractivity contribution in [3.05, 3.63) is 23.8 Å². The first-order valence-corrected chi connectivity index (χ1v) is 4.33. The summed E-state index contributed by atoms with van der Waals surface area (Å²) in [5.41, 5.74) is 6.29. The molecule has 0 fully saturated rings. The lowest BCUT2D eigenvalue weighted by Gasteiger charge is -2.12. The number of hydrogen-bond acceptors (Lipinski definition) is 3. The van der Waals surface area contributed by atoms with Crippen LogP contribution in [0.15, 0.2) is 23.8 Å². The van der Waals surface area contributed by atoms with E-state index in [1.165, 1.54) is 12.2 Å². The Kier molecular flexibility index (Phi) is 3.14. The normalized spacial score (nSPS) is 18.8. The van der Waals surface area contributed by atoms with Gasteiger partial charge in [-0.1, -0.05) is 13.0 Å². The first-order valence-electron chi connectivity index (χ1n) is 4.33. The van der Waals surface area contributed by atoms with Crippen molar-refractivity contribution in [3.63, 3.8) is 0 Å². The molecule has 0 aromatic carbocycles. The van der Waals surface area contributed by atoms with Crippen molar-refractivity contribution in [2.75, 3.05) is 6.54 Å². The second-order valence-corrected chi connectivity index (χ2v) is 3.18. The summed E-state index contributed by atoms with van der Waals surface area (Å²) in [4.78, 5) is 21.8. The average Bonchev–Trinajstić information content (AvgIpc) is 2.10. The van der Waals surface area contributed by atoms with Crippen molar-refractivity contribution in [2.45, 2.75) is 13.3 Å². The highest BCUT2D eigenvalue weighted by Crippen LogP contribution is 2.17. The fraction of sp³-hybridized carbons (Fsp3) is 0.400. The Balaban J connectivity index is 2.72. The van der Waals surface area contributed by atoms with Gasteiger partial charge >= 0.3 is 0 Å². The number of ketones is 2. The van der Waals surface area contributed by atoms with Crippen molar-refractivity contribution in [3.8, 4) is 0 Å². The monoisotopic (exact) mass is 179 g/mol. The van der Waals surface area contributed by atoms with Crippen LogP contribution in [0, 0.1) is 5.92 Å². The van der Waals surface area contributed by atoms with E-state index in [0.29, 0.717) is 6.54 Å². The third kappa shape index (κ3) is 2.36. The van der Waals surface area contributed by atoms with Gasteiger partial charge in [0.05, 0.1) is 0 Å². The molecule has 0 saturated carbocycles. The standard InChI is InChI=1S/C10H13NO2/c1-7(4-5-11)8-2-3-9(12)10(13)6-8/h2-3,6-7H,4-5,11H2,1H3. The van der Waals surface area contributed by atoms with E-state index in [1.54, 1.807) is 6.08 Å². The molecule has 3 heteroatoms. The Bertz CT molecular complexity index is 289. The van der Waals surface area contributed by atoms with Crippen molar-refractivity contribution in [1.82, 2.24) is 0 Å². The Morgan fingerprint density at radius 3 is 2.54 bits per heavy atom. The summed E-state index contributed by atoms with van der Waals surface area (Å²) in [6.45, 7) is 2.58. The van der Waals surface area contributed by atoms with E-state index >= 15 is 0 Å². The summed E-state index contributed by atoms with van der Waals surface area (Å²) in [6, 6.07) is 0. The van der Waals surface area contributed by atoms with Crippen LogP contribution in [0.5, 0.6) is 0 Å². The summed E-state index contributed by atoms with van der Waals surface area (Å²) < 4.78 is 0. The maximum Gasteiger partial charge on any atom is 0.225 e. The minimum Gasteiger partial charge on any atom is -0.330 e. The second-order valence-electron chi connectivity index (χ2n) is 3.18. The fourth-order valence-corrected chi connectivity index (χ4v) is 1.25. The quantitative estimate of drug-likeness (QED) is 0.510. The zero-order valence-corrected chi connectivity index (χ0v) is 7.62. The third-order valence-corrected chi connectivity index (χ3v) is 2.14. The summed E-state index contributed by atoms with van der Waals surface area (Å²) in [7, 11) is 0. The average molecular weight is 179 g/mol. The van der Waals surface area contributed by atoms with Gasteiger partial charge in [0.15, 0.2) is 0 Å². The van der Waals surface area contributed by atoms with E-state index in [-0.39, 0.29) is 5.92 Å². The van der Waals surface area contributed by atoms with Gasteiger partial charge in [0, 0.05) is 0 Å². The highest BCUT2D eigenvalue weighted by molar-refractivity contribution is 6.46. The number of carbonyl (C=O) groups excluding carboxylic acids is 2. The van der Waals surface area contributed by atoms with Gasteiger partial charge in [-0.2, -0.15) is 0 Å². The molecule has 1 unspecified atom stereocenters. The summed E-state index contributed by atoms with van der Waals surface area (Å²) >= 11 is 0. The Morgan fingerprint density at radius 1 is 1.31 bits per heavy atom. The van der Waals surface area contributed by atoms with Crippen molar-refractivity contribution in [1.29, 1.82) is 0 Å². The molecule has 0 heterocycles. The molecule has 0 spiro atoms. The molecule has 2 N–H and O–H groups in total. The summed E-state index contributed by atoms with van der Waals surface area (Å²) in [6.07, 6.45) is 5.26. The van der Waals surface area contributed by atoms with Crippen molar-refractivity contribution < 1.29 is 9.59 Å². The molecule has 0 aromatic heterocycles. The smallest absolute Gasteiger partial charge is 0.225 e. The maximum atomic E-state index is 11.0. The molecule has 0 aliphatic heterocycles. The van der Waals surface area contributed by atoms with Crippen LogP contribution >= 0.6 is 0 Å². The molecular formula is C10H13NO2. The van der Waals surface area contributed by atoms with Crippen LogP contribution in [0.1, 0.15) is 13.3 Å². The largest absolute Gasteiger partial charge is 0.330 e. The molecule has 0 saturated heterocycles. The first kappa shape index (κ1) is 9.86. The van der Waals surface area contributed by atoms with E-state index in [2.05, 4.69) is 0 Å². The zero-order chi connectivity index (χ0) is 9.84. The molecule has 3 nitrogen and oxygen atoms in total. The Hall–Kier alpha value is -1.22. The van der Waals surface area contributed by atoms with Gasteiger partial charge in [-0.05, 0) is 36.6 Å². The van der Waals surface area contributed by atoms with Gasteiger partial charge in [0.2, 0.25) is 11.6 Å². The predicted molar refractivity (Wildman–Crippen MR) is 50.1 cm³/mol. The highest BCUT2D eigenvalue weighted by Gasteiger charge is 2.16. The van der Waals surface area contributed by atoms with Crippen LogP contribution < -0.4 is 5.73 Å². The highest BCUT2D eigenvalue weighted by atomic mass is 16.2. The fourth-order valence-electron chi connectivity index (χ4n) is 1.25. The topological polar surface area (TPSA) is 60.2 Å². The minimum absolute atomic E-state index is 0.248. The van der Waals surface area contributed by atoms with Crippen LogP contribution in [0.2, 0.25) is 0 Å². The molecule has 13 heavy (non-hydrogen) atoms. The molecule has 1 aliphatic rings. The maximum absolute atomic E-state index is 11.0. The summed E-state index contributed by atoms with van der Waals surface area (Å²) in [5.74, 6) is -0.622. The molecule has 70 valence electrons. The molecule has 0 bridgehead atoms. The van der Waals surface area contributed by atoms with E-state index in [4.69, 9.17) is 5.73 Å². The third-order valence-electron chi connectivity index (χ3n) is 2.14. The second kappa shape index (κ2) is 4.14. The lowest BCUT2D eigenvalue weighted by atomic mass is 9.92. The number of rotatable bonds is 3. The number of allylic oxidation sites excluding steroid dienone is 4. The molecule has 1 aliphatic carbocycles. The number of hydrogen-bond donors (Lipinski definition) is 1. The van der Waals surface area contributed by atoms with Gasteiger partial charge in [-0.25, -0.2) is 0 Å². The SMILES string of the molecule is CC(CCN)C1=CC(=O)C(=O)C=C1. The van der Waals surface area contributed by atoms with Crippen LogP contribution in [0.3, 0.4) is 0 Å². The van der Waals surface area contributed by atoms with Crippen LogP contribution in [0.4, 0.5) is 0 Å². The lowest BCUT2D eigenvalue weighted by molar-refractivity contribution is -0.131. The lowest BCUT2D eigenvalue weighted by Crippen LogP contribution is -2.15. The predicted octanol–water partition coefficient (Wildman–Crippen LogP) is 0.606. The Labute approximate surface area is 77.3 Å². The van der Waals surface area contributed by atoms with Crippen LogP contribution in [-0.4, -0.2) is 18.1 Å². The van der Waals surface area contributed by atoms with Crippen LogP contribution in [0.25, 0.3) is 0 Å². The molecular weight excluding hydrogens is 166 g/mol. The van der Waals surface area contributed by atoms with Gasteiger partial charge < -0.3 is 5.73 Å². The van der Waals surface area contributed by atoms with E-state index in [0.717, 1.165) is 12.0 Å². The summed E-state index contributed by atoms with van der Waals surface area (Å²) in [5, 5.41) is 0. The van der Waals surface area contributed by atoms with Gasteiger partial charge in [0.25, 0.3) is 0 Å². The zero-order valence-electron chi connectivity index (χ0n) is 7.62. The van der Waals surface area contributed by atoms with Gasteiger partial charge in [-0.15, -0.1) is 0 Å². The van der Waals surface area contributed by atoms with Crippen molar-refractivity contribution in [2.24, 2.45) is 11.7 Å². The molecule has 0 aromatic rings. The van der Waals surface area contributed by atoms with Crippen LogP contribution in [-0.2, 0) is 9.59 Å². The molecule has 1 rings (SSSR count). The number of carbonyl (C=O) groups is 2. The van der Waals surface area contributed by atoms with Gasteiger partial charge in [0.1, 0.15) is 0 Å². The minimum atomic E-state index is -0.441. The molecule has 1 atom stereocenters. The van der Waals surface area contributed by atoms with E-state index in [1.807, 2.05) is 6.92 Å². The van der Waals surface area contributed by atoms with E-state index in [9.17, 15) is 9.59 Å². The molecule has 0 amide bonds. The number of nitrogens with two attached hydrogens (primary N) is 1. The van der Waals surface area contributed by atoms with Gasteiger partial charge in [-0.3, -0.25) is 9.59 Å². The Morgan fingerprint density at radius 2 is 2.00 bits per heavy atom.